The van der Waals surface area contributed by atoms with Crippen molar-refractivity contribution in [2.24, 2.45) is 0 Å². The van der Waals surface area contributed by atoms with E-state index in [4.69, 9.17) is 15.6 Å². The van der Waals surface area contributed by atoms with Crippen molar-refractivity contribution in [3.63, 3.8) is 0 Å². The van der Waals surface area contributed by atoms with Crippen molar-refractivity contribution < 1.29 is 19.3 Å². The fourth-order valence-corrected chi connectivity index (χ4v) is 2.21. The molecule has 10 heteroatoms. The first-order valence-electron chi connectivity index (χ1n) is 5.84. The summed E-state index contributed by atoms with van der Waals surface area (Å²) in [5.74, 6) is -0.205. The Morgan fingerprint density at radius 2 is 2.20 bits per heavy atom. The third-order valence-electron chi connectivity index (χ3n) is 3.20. The molecule has 0 aliphatic carbocycles. The Hall–Kier alpha value is -2.04. The molecular weight excluding hydrogens is 273 g/mol. The van der Waals surface area contributed by atoms with Crippen LogP contribution in [0.4, 0.5) is 10.3 Å². The van der Waals surface area contributed by atoms with E-state index in [0.29, 0.717) is 0 Å². The number of anilines is 1. The number of rotatable bonds is 2. The van der Waals surface area contributed by atoms with Crippen LogP contribution in [0.5, 0.6) is 0 Å². The molecule has 9 nitrogen and oxygen atoms in total. The predicted molar refractivity (Wildman–Crippen MR) is 63.6 cm³/mol. The van der Waals surface area contributed by atoms with Gasteiger partial charge in [-0.05, 0) is 0 Å². The lowest BCUT2D eigenvalue weighted by molar-refractivity contribution is -0.0459. The summed E-state index contributed by atoms with van der Waals surface area (Å²) in [6.45, 7) is -0.519. The normalized spacial score (nSPS) is 30.1. The number of alkyl halides is 1. The lowest BCUT2D eigenvalue weighted by Gasteiger charge is -2.15. The third kappa shape index (κ3) is 1.77. The summed E-state index contributed by atoms with van der Waals surface area (Å²) in [6, 6.07) is 0. The van der Waals surface area contributed by atoms with Crippen molar-refractivity contribution in [1.29, 1.82) is 0 Å². The molecule has 4 atom stereocenters. The summed E-state index contributed by atoms with van der Waals surface area (Å²) in [5, 5.41) is 18.6. The van der Waals surface area contributed by atoms with E-state index in [1.165, 1.54) is 17.0 Å². The van der Waals surface area contributed by atoms with E-state index in [-0.39, 0.29) is 11.7 Å². The molecule has 108 valence electrons. The van der Waals surface area contributed by atoms with Crippen LogP contribution in [-0.2, 0) is 4.74 Å². The second kappa shape index (κ2) is 4.51. The summed E-state index contributed by atoms with van der Waals surface area (Å²) in [7, 11) is 0. The molecule has 1 fully saturated rings. The number of imidazole rings is 1. The van der Waals surface area contributed by atoms with Gasteiger partial charge in [-0.2, -0.15) is 9.97 Å². The van der Waals surface area contributed by atoms with Crippen LogP contribution in [0, 0.1) is 0 Å². The van der Waals surface area contributed by atoms with Gasteiger partial charge in [0.05, 0.1) is 6.61 Å². The van der Waals surface area contributed by atoms with E-state index < -0.39 is 36.9 Å². The number of aliphatic hydroxyl groups is 2. The standard InChI is InChI=1S/C10H12FN5O4/c11-5-6(18)4(3-17)20-7(5)15-1-2-16-9(15)13-8(12)14-10(16)19/h1-2,4-7,17-18H,3H2,(H2,12,14,19)/t4-,5+,6-,7-/m1/s1. The van der Waals surface area contributed by atoms with Gasteiger partial charge in [0, 0.05) is 12.4 Å². The molecule has 0 bridgehead atoms. The first-order chi connectivity index (χ1) is 9.52. The first kappa shape index (κ1) is 13.0. The molecule has 0 unspecified atom stereocenters. The summed E-state index contributed by atoms with van der Waals surface area (Å²) >= 11 is 0. The molecule has 2 aromatic heterocycles. The minimum Gasteiger partial charge on any atom is -0.394 e. The molecule has 2 aromatic rings. The largest absolute Gasteiger partial charge is 0.394 e. The number of nitrogens with zero attached hydrogens (tertiary/aromatic N) is 4. The maximum Gasteiger partial charge on any atom is 0.357 e. The fourth-order valence-electron chi connectivity index (χ4n) is 2.21. The Balaban J connectivity index is 2.09. The monoisotopic (exact) mass is 285 g/mol. The number of fused-ring (bicyclic) bond motifs is 1. The Bertz CT molecular complexity index is 701. The number of hydrogen-bond donors (Lipinski definition) is 3. The molecule has 20 heavy (non-hydrogen) atoms. The van der Waals surface area contributed by atoms with Gasteiger partial charge in [0.25, 0.3) is 0 Å². The van der Waals surface area contributed by atoms with Gasteiger partial charge in [0.15, 0.2) is 12.4 Å². The lowest BCUT2D eigenvalue weighted by atomic mass is 10.1. The van der Waals surface area contributed by atoms with Gasteiger partial charge >= 0.3 is 5.69 Å². The Kier molecular flexibility index (Phi) is 2.92. The summed E-state index contributed by atoms with van der Waals surface area (Å²) in [5.41, 5.74) is 4.74. The van der Waals surface area contributed by atoms with Gasteiger partial charge in [0.1, 0.15) is 12.2 Å². The van der Waals surface area contributed by atoms with Crippen LogP contribution in [0.2, 0.25) is 0 Å². The summed E-state index contributed by atoms with van der Waals surface area (Å²) < 4.78 is 21.6. The summed E-state index contributed by atoms with van der Waals surface area (Å²) in [4.78, 5) is 18.9. The maximum atomic E-state index is 14.0. The minimum absolute atomic E-state index is 0.0425. The second-order valence-electron chi connectivity index (χ2n) is 4.42. The zero-order valence-corrected chi connectivity index (χ0v) is 10.1. The number of hydrogen-bond acceptors (Lipinski definition) is 7. The molecule has 0 spiro atoms. The van der Waals surface area contributed by atoms with E-state index in [1.54, 1.807) is 0 Å². The summed E-state index contributed by atoms with van der Waals surface area (Å²) in [6.07, 6.45) is -2.77. The zero-order chi connectivity index (χ0) is 14.4. The molecule has 0 amide bonds. The molecule has 4 N–H and O–H groups in total. The number of aromatic nitrogens is 4. The van der Waals surface area contributed by atoms with Crippen molar-refractivity contribution in [1.82, 2.24) is 18.9 Å². The zero-order valence-electron chi connectivity index (χ0n) is 10.1. The van der Waals surface area contributed by atoms with Crippen LogP contribution in [0.25, 0.3) is 5.78 Å². The van der Waals surface area contributed by atoms with Crippen molar-refractivity contribution >= 4 is 11.7 Å². The fraction of sp³-hybridized carbons (Fsp3) is 0.500. The number of aliphatic hydroxyl groups excluding tert-OH is 2. The van der Waals surface area contributed by atoms with Crippen LogP contribution in [0.15, 0.2) is 17.2 Å². The highest BCUT2D eigenvalue weighted by Gasteiger charge is 2.45. The number of nitrogens with two attached hydrogens (primary N) is 1. The van der Waals surface area contributed by atoms with Crippen molar-refractivity contribution in [2.45, 2.75) is 24.6 Å². The lowest BCUT2D eigenvalue weighted by Crippen LogP contribution is -2.30. The number of ether oxygens (including phenoxy) is 1. The van der Waals surface area contributed by atoms with Crippen molar-refractivity contribution in [3.8, 4) is 0 Å². The van der Waals surface area contributed by atoms with E-state index in [2.05, 4.69) is 9.97 Å². The van der Waals surface area contributed by atoms with Crippen LogP contribution in [0.1, 0.15) is 6.23 Å². The van der Waals surface area contributed by atoms with Crippen LogP contribution >= 0.6 is 0 Å². The van der Waals surface area contributed by atoms with Crippen molar-refractivity contribution in [3.05, 3.63) is 22.9 Å². The van der Waals surface area contributed by atoms with Gasteiger partial charge in [-0.15, -0.1) is 0 Å². The second-order valence-corrected chi connectivity index (χ2v) is 4.42. The van der Waals surface area contributed by atoms with Crippen molar-refractivity contribution in [2.75, 3.05) is 12.3 Å². The van der Waals surface area contributed by atoms with Gasteiger partial charge < -0.3 is 20.7 Å². The van der Waals surface area contributed by atoms with Crippen LogP contribution in [0.3, 0.4) is 0 Å². The number of nitrogen functional groups attached to an aromatic ring is 1. The van der Waals surface area contributed by atoms with Gasteiger partial charge in [0.2, 0.25) is 11.7 Å². The average molecular weight is 285 g/mol. The quantitative estimate of drug-likeness (QED) is 0.585. The van der Waals surface area contributed by atoms with E-state index in [1.807, 2.05) is 0 Å². The highest BCUT2D eigenvalue weighted by Crippen LogP contribution is 2.32. The van der Waals surface area contributed by atoms with Gasteiger partial charge in [-0.1, -0.05) is 0 Å². The topological polar surface area (TPSA) is 128 Å². The van der Waals surface area contributed by atoms with E-state index in [9.17, 15) is 14.3 Å². The first-order valence-corrected chi connectivity index (χ1v) is 5.84. The molecule has 3 heterocycles. The van der Waals surface area contributed by atoms with Crippen LogP contribution in [-0.4, -0.2) is 54.1 Å². The highest BCUT2D eigenvalue weighted by atomic mass is 19.1. The molecular formula is C10H12FN5O4. The van der Waals surface area contributed by atoms with Crippen LogP contribution < -0.4 is 11.4 Å². The Labute approximate surface area is 111 Å². The minimum atomic E-state index is -1.77. The Morgan fingerprint density at radius 1 is 1.45 bits per heavy atom. The van der Waals surface area contributed by atoms with Gasteiger partial charge in [-0.3, -0.25) is 4.57 Å². The third-order valence-corrected chi connectivity index (χ3v) is 3.20. The average Bonchev–Trinajstić information content (AvgIpc) is 2.93. The molecule has 1 aliphatic heterocycles. The van der Waals surface area contributed by atoms with Gasteiger partial charge in [-0.25, -0.2) is 13.6 Å². The molecule has 3 rings (SSSR count). The smallest absolute Gasteiger partial charge is 0.357 e. The molecule has 1 saturated heterocycles. The molecule has 1 aliphatic rings. The number of halogens is 1. The molecule has 0 aromatic carbocycles. The Morgan fingerprint density at radius 3 is 2.85 bits per heavy atom. The maximum absolute atomic E-state index is 14.0. The van der Waals surface area contributed by atoms with E-state index >= 15 is 0 Å². The highest BCUT2D eigenvalue weighted by molar-refractivity contribution is 5.35. The predicted octanol–water partition coefficient (Wildman–Crippen LogP) is -1.94. The molecule has 0 radical (unpaired) electrons. The SMILES string of the molecule is Nc1nc(=O)n2ccn([C@@H]3O[C@H](CO)[C@@H](O)[C@@H]3F)c2n1. The molecule has 0 saturated carbocycles. The van der Waals surface area contributed by atoms with E-state index in [0.717, 1.165) is 4.40 Å².